The Morgan fingerprint density at radius 1 is 1.29 bits per heavy atom. The molecule has 0 bridgehead atoms. The van der Waals surface area contributed by atoms with Crippen LogP contribution in [0.15, 0.2) is 18.2 Å². The SMILES string of the molecule is Oc1ccc2c(c1)CCCC2NC1CCOC1. The molecule has 2 atom stereocenters. The highest BCUT2D eigenvalue weighted by Gasteiger charge is 2.24. The molecule has 3 rings (SSSR count). The van der Waals surface area contributed by atoms with Crippen LogP contribution in [0, 0.1) is 0 Å². The van der Waals surface area contributed by atoms with E-state index in [4.69, 9.17) is 4.74 Å². The number of nitrogens with one attached hydrogen (secondary N) is 1. The first-order chi connectivity index (χ1) is 8.33. The van der Waals surface area contributed by atoms with E-state index >= 15 is 0 Å². The molecule has 2 unspecified atom stereocenters. The normalized spacial score (nSPS) is 28.0. The summed E-state index contributed by atoms with van der Waals surface area (Å²) in [6.45, 7) is 1.72. The number of benzene rings is 1. The van der Waals surface area contributed by atoms with Gasteiger partial charge in [-0.25, -0.2) is 0 Å². The minimum Gasteiger partial charge on any atom is -0.508 e. The maximum atomic E-state index is 9.52. The van der Waals surface area contributed by atoms with Crippen molar-refractivity contribution in [3.8, 4) is 5.75 Å². The summed E-state index contributed by atoms with van der Waals surface area (Å²) in [5.41, 5.74) is 2.66. The first-order valence-electron chi connectivity index (χ1n) is 6.48. The van der Waals surface area contributed by atoms with Crippen LogP contribution < -0.4 is 5.32 Å². The van der Waals surface area contributed by atoms with Crippen LogP contribution in [0.1, 0.15) is 36.4 Å². The van der Waals surface area contributed by atoms with Crippen LogP contribution in [0.5, 0.6) is 5.75 Å². The first-order valence-corrected chi connectivity index (χ1v) is 6.48. The van der Waals surface area contributed by atoms with Crippen molar-refractivity contribution in [2.75, 3.05) is 13.2 Å². The highest BCUT2D eigenvalue weighted by atomic mass is 16.5. The number of phenols is 1. The van der Waals surface area contributed by atoms with Gasteiger partial charge in [-0.15, -0.1) is 0 Å². The average Bonchev–Trinajstić information content (AvgIpc) is 2.82. The number of rotatable bonds is 2. The molecule has 3 heteroatoms. The van der Waals surface area contributed by atoms with E-state index in [1.54, 1.807) is 6.07 Å². The molecule has 1 heterocycles. The third-order valence-electron chi connectivity index (χ3n) is 3.81. The summed E-state index contributed by atoms with van der Waals surface area (Å²) in [6.07, 6.45) is 4.59. The predicted molar refractivity (Wildman–Crippen MR) is 66.1 cm³/mol. The van der Waals surface area contributed by atoms with Crippen LogP contribution >= 0.6 is 0 Å². The molecule has 3 nitrogen and oxygen atoms in total. The lowest BCUT2D eigenvalue weighted by Gasteiger charge is -2.28. The molecule has 0 spiro atoms. The fraction of sp³-hybridized carbons (Fsp3) is 0.571. The van der Waals surface area contributed by atoms with Gasteiger partial charge in [-0.1, -0.05) is 6.07 Å². The molecular formula is C14H19NO2. The molecule has 0 aromatic heterocycles. The molecule has 1 saturated heterocycles. The fourth-order valence-corrected chi connectivity index (χ4v) is 2.92. The summed E-state index contributed by atoms with van der Waals surface area (Å²) in [5, 5.41) is 13.2. The van der Waals surface area contributed by atoms with Crippen LogP contribution in [0.25, 0.3) is 0 Å². The second kappa shape index (κ2) is 4.67. The van der Waals surface area contributed by atoms with Crippen LogP contribution in [0.2, 0.25) is 0 Å². The number of hydrogen-bond donors (Lipinski definition) is 2. The minimum atomic E-state index is 0.383. The highest BCUT2D eigenvalue weighted by molar-refractivity contribution is 5.38. The van der Waals surface area contributed by atoms with Gasteiger partial charge in [0.1, 0.15) is 5.75 Å². The molecule has 1 aliphatic heterocycles. The molecule has 0 amide bonds. The maximum Gasteiger partial charge on any atom is 0.115 e. The fourth-order valence-electron chi connectivity index (χ4n) is 2.92. The third kappa shape index (κ3) is 2.31. The van der Waals surface area contributed by atoms with Crippen LogP contribution in [0.3, 0.4) is 0 Å². The van der Waals surface area contributed by atoms with Gasteiger partial charge in [0, 0.05) is 18.7 Å². The van der Waals surface area contributed by atoms with Crippen molar-refractivity contribution in [2.45, 2.75) is 37.8 Å². The molecule has 1 fully saturated rings. The van der Waals surface area contributed by atoms with Gasteiger partial charge in [-0.3, -0.25) is 0 Å². The van der Waals surface area contributed by atoms with Crippen molar-refractivity contribution in [1.29, 1.82) is 0 Å². The van der Waals surface area contributed by atoms with Gasteiger partial charge >= 0.3 is 0 Å². The molecule has 0 saturated carbocycles. The number of ether oxygens (including phenoxy) is 1. The van der Waals surface area contributed by atoms with Gasteiger partial charge in [0.25, 0.3) is 0 Å². The van der Waals surface area contributed by atoms with Crippen molar-refractivity contribution in [3.05, 3.63) is 29.3 Å². The van der Waals surface area contributed by atoms with Crippen LogP contribution in [0.4, 0.5) is 0 Å². The summed E-state index contributed by atoms with van der Waals surface area (Å²) in [5.74, 6) is 0.383. The third-order valence-corrected chi connectivity index (χ3v) is 3.81. The summed E-state index contributed by atoms with van der Waals surface area (Å²) < 4.78 is 5.40. The Balaban J connectivity index is 1.78. The molecule has 92 valence electrons. The van der Waals surface area contributed by atoms with Crippen LogP contribution in [-0.4, -0.2) is 24.4 Å². The van der Waals surface area contributed by atoms with Crippen molar-refractivity contribution in [2.24, 2.45) is 0 Å². The van der Waals surface area contributed by atoms with E-state index in [-0.39, 0.29) is 0 Å². The van der Waals surface area contributed by atoms with Crippen molar-refractivity contribution < 1.29 is 9.84 Å². The summed E-state index contributed by atoms with van der Waals surface area (Å²) >= 11 is 0. The monoisotopic (exact) mass is 233 g/mol. The summed E-state index contributed by atoms with van der Waals surface area (Å²) in [6, 6.07) is 6.71. The van der Waals surface area contributed by atoms with Gasteiger partial charge in [-0.2, -0.15) is 0 Å². The quantitative estimate of drug-likeness (QED) is 0.822. The topological polar surface area (TPSA) is 41.5 Å². The average molecular weight is 233 g/mol. The van der Waals surface area contributed by atoms with Gasteiger partial charge < -0.3 is 15.2 Å². The van der Waals surface area contributed by atoms with Crippen molar-refractivity contribution in [3.63, 3.8) is 0 Å². The van der Waals surface area contributed by atoms with E-state index in [1.807, 2.05) is 6.07 Å². The Morgan fingerprint density at radius 2 is 2.24 bits per heavy atom. The number of aromatic hydroxyl groups is 1. The standard InChI is InChI=1S/C14H19NO2/c16-12-4-5-13-10(8-12)2-1-3-14(13)15-11-6-7-17-9-11/h4-5,8,11,14-16H,1-3,6-7,9H2. The smallest absolute Gasteiger partial charge is 0.115 e. The largest absolute Gasteiger partial charge is 0.508 e. The molecule has 2 aliphatic rings. The van der Waals surface area contributed by atoms with E-state index in [1.165, 1.54) is 24.0 Å². The van der Waals surface area contributed by atoms with Gasteiger partial charge in [-0.05, 0) is 48.9 Å². The van der Waals surface area contributed by atoms with Gasteiger partial charge in [0.2, 0.25) is 0 Å². The number of fused-ring (bicyclic) bond motifs is 1. The summed E-state index contributed by atoms with van der Waals surface area (Å²) in [4.78, 5) is 0. The Hall–Kier alpha value is -1.06. The number of hydrogen-bond acceptors (Lipinski definition) is 3. The molecular weight excluding hydrogens is 214 g/mol. The lowest BCUT2D eigenvalue weighted by Crippen LogP contribution is -2.34. The first kappa shape index (κ1) is 11.1. The van der Waals surface area contributed by atoms with E-state index < -0.39 is 0 Å². The molecule has 2 N–H and O–H groups in total. The zero-order valence-corrected chi connectivity index (χ0v) is 9.98. The number of aryl methyl sites for hydroxylation is 1. The van der Waals surface area contributed by atoms with E-state index in [2.05, 4.69) is 11.4 Å². The van der Waals surface area contributed by atoms with Crippen molar-refractivity contribution >= 4 is 0 Å². The lowest BCUT2D eigenvalue weighted by molar-refractivity contribution is 0.187. The Labute approximate surface area is 102 Å². The van der Waals surface area contributed by atoms with Crippen molar-refractivity contribution in [1.82, 2.24) is 5.32 Å². The summed E-state index contributed by atoms with van der Waals surface area (Å²) in [7, 11) is 0. The van der Waals surface area contributed by atoms with E-state index in [9.17, 15) is 5.11 Å². The second-order valence-electron chi connectivity index (χ2n) is 5.06. The van der Waals surface area contributed by atoms with Gasteiger partial charge in [0.15, 0.2) is 0 Å². The molecule has 17 heavy (non-hydrogen) atoms. The molecule has 0 radical (unpaired) electrons. The second-order valence-corrected chi connectivity index (χ2v) is 5.06. The maximum absolute atomic E-state index is 9.52. The molecule has 1 aromatic rings. The van der Waals surface area contributed by atoms with Crippen LogP contribution in [-0.2, 0) is 11.2 Å². The van der Waals surface area contributed by atoms with E-state index in [0.717, 1.165) is 26.1 Å². The number of phenolic OH excluding ortho intramolecular Hbond substituents is 1. The highest BCUT2D eigenvalue weighted by Crippen LogP contribution is 2.32. The van der Waals surface area contributed by atoms with Gasteiger partial charge in [0.05, 0.1) is 6.61 Å². The zero-order valence-electron chi connectivity index (χ0n) is 9.98. The minimum absolute atomic E-state index is 0.383. The zero-order chi connectivity index (χ0) is 11.7. The predicted octanol–water partition coefficient (Wildman–Crippen LogP) is 2.15. The lowest BCUT2D eigenvalue weighted by atomic mass is 9.87. The molecule has 1 aromatic carbocycles. The van der Waals surface area contributed by atoms with E-state index in [0.29, 0.717) is 17.8 Å². The Kier molecular flexibility index (Phi) is 3.04. The Morgan fingerprint density at radius 3 is 3.06 bits per heavy atom. The molecule has 1 aliphatic carbocycles. The Bertz CT molecular complexity index is 399.